The topological polar surface area (TPSA) is 44.8 Å². The van der Waals surface area contributed by atoms with Gasteiger partial charge in [0.2, 0.25) is 0 Å². The Morgan fingerprint density at radius 1 is 0.909 bits per heavy atom. The van der Waals surface area contributed by atoms with Gasteiger partial charge in [0, 0.05) is 0 Å². The molecule has 4 nitrogen and oxygen atoms in total. The summed E-state index contributed by atoms with van der Waals surface area (Å²) in [6.07, 6.45) is 0. The van der Waals surface area contributed by atoms with Gasteiger partial charge in [-0.25, -0.2) is 4.57 Å². The highest BCUT2D eigenvalue weighted by Crippen LogP contribution is 2.59. The summed E-state index contributed by atoms with van der Waals surface area (Å²) in [7, 11) is 11.3. The molecule has 11 heteroatoms. The van der Waals surface area contributed by atoms with Crippen LogP contribution in [-0.2, 0) is 16.5 Å². The molecule has 0 aromatic heterocycles. The minimum Gasteiger partial charge on any atom is -0.225 e. The minimum absolute atomic E-state index is 0.304. The molecule has 0 atom stereocenters. The third-order valence-electron chi connectivity index (χ3n) is 0.358. The molecule has 0 rings (SSSR count). The molecule has 0 saturated heterocycles. The number of phosphoric acid groups is 1. The van der Waals surface area contributed by atoms with Crippen LogP contribution in [-0.4, -0.2) is 0 Å². The molecule has 0 radical (unpaired) electrons. The third kappa shape index (κ3) is 6.15. The largest absolute Gasteiger partial charge is 0.511 e. The number of hydrogen-bond donors (Lipinski definition) is 0. The van der Waals surface area contributed by atoms with Crippen LogP contribution in [0.3, 0.4) is 0 Å². The van der Waals surface area contributed by atoms with Crippen molar-refractivity contribution in [3.05, 3.63) is 0 Å². The van der Waals surface area contributed by atoms with Crippen molar-refractivity contribution in [2.75, 3.05) is 0 Å². The zero-order chi connectivity index (χ0) is 8.74. The molecule has 0 unspecified atom stereocenters. The van der Waals surface area contributed by atoms with Gasteiger partial charge in [-0.1, -0.05) is 0 Å². The number of rotatable bonds is 6. The van der Waals surface area contributed by atoms with Gasteiger partial charge in [0.05, 0.1) is 0 Å². The van der Waals surface area contributed by atoms with Gasteiger partial charge in [-0.2, -0.15) is 11.9 Å². The first kappa shape index (κ1) is 13.0. The molecule has 0 N–H and O–H groups in total. The van der Waals surface area contributed by atoms with Gasteiger partial charge in [-0.3, -0.25) is 0 Å². The van der Waals surface area contributed by atoms with Gasteiger partial charge in [-0.15, -0.1) is 0 Å². The molecule has 0 heterocycles. The Hall–Kier alpha value is 2.03. The van der Waals surface area contributed by atoms with Crippen molar-refractivity contribution in [2.24, 2.45) is 0 Å². The second-order valence-electron chi connectivity index (χ2n) is 0.860. The van der Waals surface area contributed by atoms with Crippen LogP contribution in [0.5, 0.6) is 0 Å². The van der Waals surface area contributed by atoms with Gasteiger partial charge >= 0.3 is 7.82 Å². The summed E-state index contributed by atoms with van der Waals surface area (Å²) < 4.78 is 23.9. The maximum absolute atomic E-state index is 11.0. The van der Waals surface area contributed by atoms with Crippen LogP contribution in [0.2, 0.25) is 0 Å². The van der Waals surface area contributed by atoms with Crippen LogP contribution in [0.1, 0.15) is 0 Å². The summed E-state index contributed by atoms with van der Waals surface area (Å²) in [4.78, 5) is 0. The fraction of sp³-hybridized carbons (Fsp3) is 0. The van der Waals surface area contributed by atoms with E-state index in [4.69, 9.17) is 32.0 Å². The van der Waals surface area contributed by atoms with Gasteiger partial charge in [0.1, 0.15) is 33.8 Å². The Kier molecular flexibility index (Phi) is 8.81. The van der Waals surface area contributed by atoms with Gasteiger partial charge in [-0.05, 0) is 32.0 Å². The molecular formula is Cl3O4PS3. The van der Waals surface area contributed by atoms with E-state index >= 15 is 0 Å². The molecule has 0 aliphatic heterocycles. The summed E-state index contributed by atoms with van der Waals surface area (Å²) in [6.45, 7) is 0. The fourth-order valence-electron chi connectivity index (χ4n) is 0.141. The van der Waals surface area contributed by atoms with E-state index in [-0.39, 0.29) is 0 Å². The minimum atomic E-state index is -3.73. The lowest BCUT2D eigenvalue weighted by atomic mass is 15.7. The second kappa shape index (κ2) is 7.44. The first-order valence-corrected chi connectivity index (χ1v) is 7.86. The molecule has 0 bridgehead atoms. The Morgan fingerprint density at radius 3 is 1.36 bits per heavy atom. The standard InChI is InChI=1S/Cl3O4PS3/c1-9-5-8(4,6-10-2)7-11-3. The zero-order valence-corrected chi connectivity index (χ0v) is 10.1. The fourth-order valence-corrected chi connectivity index (χ4v) is 3.80. The van der Waals surface area contributed by atoms with Crippen molar-refractivity contribution in [1.82, 2.24) is 0 Å². The molecule has 0 spiro atoms. The van der Waals surface area contributed by atoms with Crippen LogP contribution >= 0.6 is 73.6 Å². The summed E-state index contributed by atoms with van der Waals surface area (Å²) in [5.74, 6) is 0. The average Bonchev–Trinajstić information content (AvgIpc) is 1.88. The van der Waals surface area contributed by atoms with Crippen molar-refractivity contribution >= 4 is 73.6 Å². The first-order chi connectivity index (χ1) is 5.18. The molecule has 0 fully saturated rings. The third-order valence-corrected chi connectivity index (χ3v) is 4.75. The number of halogens is 3. The molecule has 11 heavy (non-hydrogen) atoms. The number of hydrogen-bond acceptors (Lipinski definition) is 7. The van der Waals surface area contributed by atoms with E-state index < -0.39 is 7.82 Å². The van der Waals surface area contributed by atoms with E-state index in [1.165, 1.54) is 0 Å². The van der Waals surface area contributed by atoms with Gasteiger partial charge in [0.15, 0.2) is 0 Å². The normalized spacial score (nSPS) is 11.9. The van der Waals surface area contributed by atoms with E-state index in [2.05, 4.69) is 11.9 Å². The predicted octanol–water partition coefficient (Wildman–Crippen LogP) is 4.55. The maximum atomic E-state index is 11.0. The molecule has 0 amide bonds. The highest BCUT2D eigenvalue weighted by atomic mass is 35.7. The van der Waals surface area contributed by atoms with Crippen LogP contribution in [0.15, 0.2) is 0 Å². The average molecular weight is 298 g/mol. The molecule has 0 saturated carbocycles. The molecule has 0 aliphatic rings. The zero-order valence-electron chi connectivity index (χ0n) is 4.44. The Labute approximate surface area is 89.7 Å². The quantitative estimate of drug-likeness (QED) is 0.526. The Morgan fingerprint density at radius 2 is 1.18 bits per heavy atom. The predicted molar refractivity (Wildman–Crippen MR) is 51.2 cm³/mol. The molecular weight excluding hydrogens is 298 g/mol. The van der Waals surface area contributed by atoms with Crippen molar-refractivity contribution in [1.29, 1.82) is 0 Å². The summed E-state index contributed by atoms with van der Waals surface area (Å²) in [5.41, 5.74) is 0. The van der Waals surface area contributed by atoms with Crippen molar-refractivity contribution in [3.8, 4) is 0 Å². The lowest BCUT2D eigenvalue weighted by Crippen LogP contribution is -1.81. The monoisotopic (exact) mass is 296 g/mol. The Bertz CT molecular complexity index is 119. The van der Waals surface area contributed by atoms with Crippen molar-refractivity contribution in [2.45, 2.75) is 0 Å². The van der Waals surface area contributed by atoms with E-state index in [9.17, 15) is 4.57 Å². The first-order valence-electron chi connectivity index (χ1n) is 1.69. The van der Waals surface area contributed by atoms with Crippen LogP contribution in [0.25, 0.3) is 0 Å². The van der Waals surface area contributed by atoms with E-state index in [0.717, 1.165) is 0 Å². The molecule has 0 aromatic rings. The molecule has 0 aliphatic carbocycles. The summed E-state index contributed by atoms with van der Waals surface area (Å²) >= 11 is 0.911. The van der Waals surface area contributed by atoms with Crippen molar-refractivity contribution in [3.63, 3.8) is 0 Å². The van der Waals surface area contributed by atoms with Gasteiger partial charge < -0.3 is 0 Å². The van der Waals surface area contributed by atoms with E-state index in [0.29, 0.717) is 33.8 Å². The van der Waals surface area contributed by atoms with Crippen LogP contribution in [0, 0.1) is 0 Å². The van der Waals surface area contributed by atoms with Gasteiger partial charge in [0.25, 0.3) is 0 Å². The second-order valence-corrected chi connectivity index (χ2v) is 5.05. The van der Waals surface area contributed by atoms with E-state index in [1.807, 2.05) is 0 Å². The highest BCUT2D eigenvalue weighted by Gasteiger charge is 2.29. The Balaban J connectivity index is 3.91. The summed E-state index contributed by atoms with van der Waals surface area (Å²) in [6, 6.07) is 0. The SMILES string of the molecule is O=P(OSCl)(OSCl)OSCl. The maximum Gasteiger partial charge on any atom is 0.511 e. The highest BCUT2D eigenvalue weighted by molar-refractivity contribution is 8.23. The smallest absolute Gasteiger partial charge is 0.225 e. The lowest BCUT2D eigenvalue weighted by molar-refractivity contribution is 0.354. The van der Waals surface area contributed by atoms with Crippen LogP contribution in [0.4, 0.5) is 0 Å². The van der Waals surface area contributed by atoms with E-state index in [1.54, 1.807) is 0 Å². The lowest BCUT2D eigenvalue weighted by Gasteiger charge is -2.08. The summed E-state index contributed by atoms with van der Waals surface area (Å²) in [5, 5.41) is 0. The van der Waals surface area contributed by atoms with Crippen molar-refractivity contribution < 1.29 is 16.5 Å². The molecule has 0 aromatic carbocycles. The van der Waals surface area contributed by atoms with Crippen LogP contribution < -0.4 is 0 Å². The molecule has 68 valence electrons.